The summed E-state index contributed by atoms with van der Waals surface area (Å²) >= 11 is 0. The van der Waals surface area contributed by atoms with Crippen molar-refractivity contribution in [2.24, 2.45) is 0 Å². The van der Waals surface area contributed by atoms with Crippen molar-refractivity contribution in [1.82, 2.24) is 4.98 Å². The number of hydrogen-bond acceptors (Lipinski definition) is 3. The van der Waals surface area contributed by atoms with Gasteiger partial charge in [-0.15, -0.1) is 0 Å². The van der Waals surface area contributed by atoms with Crippen molar-refractivity contribution in [3.8, 4) is 0 Å². The largest absolute Gasteiger partial charge is 0.367 e. The zero-order valence-corrected chi connectivity index (χ0v) is 15.6. The van der Waals surface area contributed by atoms with Crippen LogP contribution in [0.1, 0.15) is 39.7 Å². The first-order valence-electron chi connectivity index (χ1n) is 9.49. The lowest BCUT2D eigenvalue weighted by molar-refractivity contribution is 0.0656. The zero-order chi connectivity index (χ0) is 18.6. The van der Waals surface area contributed by atoms with E-state index >= 15 is 0 Å². The summed E-state index contributed by atoms with van der Waals surface area (Å²) in [7, 11) is 0. The van der Waals surface area contributed by atoms with Gasteiger partial charge in [-0.3, -0.25) is 4.79 Å². The third kappa shape index (κ3) is 3.99. The second kappa shape index (κ2) is 7.85. The van der Waals surface area contributed by atoms with Gasteiger partial charge >= 0.3 is 0 Å². The highest BCUT2D eigenvalue weighted by Crippen LogP contribution is 2.22. The summed E-state index contributed by atoms with van der Waals surface area (Å²) in [5.41, 5.74) is 6.31. The van der Waals surface area contributed by atoms with Crippen molar-refractivity contribution in [3.05, 3.63) is 88.6 Å². The van der Waals surface area contributed by atoms with Gasteiger partial charge in [0.05, 0.1) is 17.8 Å². The van der Waals surface area contributed by atoms with Crippen LogP contribution in [0.15, 0.2) is 60.7 Å². The molecule has 3 nitrogen and oxygen atoms in total. The predicted molar refractivity (Wildman–Crippen MR) is 108 cm³/mol. The fourth-order valence-electron chi connectivity index (χ4n) is 3.40. The van der Waals surface area contributed by atoms with Gasteiger partial charge in [-0.25, -0.2) is 4.98 Å². The molecule has 4 rings (SSSR count). The molecular formula is C24H23NO2. The summed E-state index contributed by atoms with van der Waals surface area (Å²) in [4.78, 5) is 16.6. The molecule has 136 valence electrons. The SMILES string of the molecule is CCc1ccc(C/C=C/Cc2ccc3cc4c(nc3c2)COCC4=O)cc1. The maximum Gasteiger partial charge on any atom is 0.190 e. The van der Waals surface area contributed by atoms with Gasteiger partial charge in [0.2, 0.25) is 0 Å². The van der Waals surface area contributed by atoms with Gasteiger partial charge in [0.25, 0.3) is 0 Å². The molecule has 0 spiro atoms. The number of pyridine rings is 1. The number of fused-ring (bicyclic) bond motifs is 2. The predicted octanol–water partition coefficient (Wildman–Crippen LogP) is 4.85. The number of hydrogen-bond donors (Lipinski definition) is 0. The van der Waals surface area contributed by atoms with Crippen LogP contribution >= 0.6 is 0 Å². The van der Waals surface area contributed by atoms with Gasteiger partial charge < -0.3 is 4.74 Å². The van der Waals surface area contributed by atoms with Gasteiger partial charge in [-0.1, -0.05) is 55.5 Å². The van der Waals surface area contributed by atoms with Crippen molar-refractivity contribution in [2.75, 3.05) is 6.61 Å². The highest BCUT2D eigenvalue weighted by Gasteiger charge is 2.19. The molecule has 2 aromatic carbocycles. The van der Waals surface area contributed by atoms with Crippen LogP contribution in [0, 0.1) is 0 Å². The van der Waals surface area contributed by atoms with Crippen LogP contribution in [-0.4, -0.2) is 17.4 Å². The van der Waals surface area contributed by atoms with E-state index in [0.29, 0.717) is 12.2 Å². The second-order valence-corrected chi connectivity index (χ2v) is 6.98. The maximum atomic E-state index is 11.9. The molecular weight excluding hydrogens is 334 g/mol. The third-order valence-corrected chi connectivity index (χ3v) is 5.04. The minimum absolute atomic E-state index is 0.0182. The van der Waals surface area contributed by atoms with E-state index in [-0.39, 0.29) is 12.4 Å². The first-order chi connectivity index (χ1) is 13.2. The van der Waals surface area contributed by atoms with Crippen molar-refractivity contribution in [2.45, 2.75) is 32.8 Å². The fraction of sp³-hybridized carbons (Fsp3) is 0.250. The highest BCUT2D eigenvalue weighted by molar-refractivity contribution is 6.01. The molecule has 3 heteroatoms. The Balaban J connectivity index is 1.45. The summed E-state index contributed by atoms with van der Waals surface area (Å²) in [5, 5.41) is 1.01. The molecule has 1 aliphatic heterocycles. The number of aryl methyl sites for hydroxylation is 1. The van der Waals surface area contributed by atoms with Gasteiger partial charge in [-0.2, -0.15) is 0 Å². The lowest BCUT2D eigenvalue weighted by atomic mass is 10.0. The Morgan fingerprint density at radius 2 is 1.63 bits per heavy atom. The summed E-state index contributed by atoms with van der Waals surface area (Å²) in [6.07, 6.45) is 7.33. The van der Waals surface area contributed by atoms with E-state index in [1.54, 1.807) is 0 Å². The number of carbonyl (C=O) groups excluding carboxylic acids is 1. The molecule has 1 aliphatic rings. The Bertz CT molecular complexity index is 1000. The van der Waals surface area contributed by atoms with E-state index in [9.17, 15) is 4.79 Å². The molecule has 0 N–H and O–H groups in total. The molecule has 0 saturated carbocycles. The van der Waals surface area contributed by atoms with Crippen molar-refractivity contribution in [3.63, 3.8) is 0 Å². The molecule has 0 atom stereocenters. The Morgan fingerprint density at radius 1 is 0.926 bits per heavy atom. The average molecular weight is 357 g/mol. The number of allylic oxidation sites excluding steroid dienone is 2. The Kier molecular flexibility index (Phi) is 5.12. The van der Waals surface area contributed by atoms with Gasteiger partial charge in [0.15, 0.2) is 5.78 Å². The quantitative estimate of drug-likeness (QED) is 0.613. The number of Topliss-reactive ketones (excluding diaryl/α,β-unsaturated/α-hetero) is 1. The van der Waals surface area contributed by atoms with Crippen LogP contribution < -0.4 is 0 Å². The Hall–Kier alpha value is -2.78. The number of ketones is 1. The van der Waals surface area contributed by atoms with Crippen LogP contribution in [0.25, 0.3) is 10.9 Å². The van der Waals surface area contributed by atoms with Gasteiger partial charge in [0.1, 0.15) is 6.61 Å². The number of ether oxygens (including phenoxy) is 1. The van der Waals surface area contributed by atoms with E-state index in [1.807, 2.05) is 6.07 Å². The molecule has 0 radical (unpaired) electrons. The standard InChI is InChI=1S/C24H23NO2/c1-2-17-7-9-18(10-8-17)5-3-4-6-19-11-12-20-14-21-23(25-22(20)13-19)15-27-16-24(21)26/h3-4,7-14H,2,5-6,15-16H2,1H3/b4-3+. The number of benzene rings is 2. The van der Waals surface area contributed by atoms with E-state index < -0.39 is 0 Å². The lowest BCUT2D eigenvalue weighted by Crippen LogP contribution is -2.19. The summed E-state index contributed by atoms with van der Waals surface area (Å²) < 4.78 is 5.30. The molecule has 2 heterocycles. The Morgan fingerprint density at radius 3 is 2.41 bits per heavy atom. The topological polar surface area (TPSA) is 39.2 Å². The number of aromatic nitrogens is 1. The van der Waals surface area contributed by atoms with E-state index in [2.05, 4.69) is 66.5 Å². The van der Waals surface area contributed by atoms with Crippen LogP contribution in [0.3, 0.4) is 0 Å². The molecule has 3 aromatic rings. The molecule has 0 unspecified atom stereocenters. The minimum Gasteiger partial charge on any atom is -0.367 e. The molecule has 0 aliphatic carbocycles. The van der Waals surface area contributed by atoms with Crippen LogP contribution in [0.2, 0.25) is 0 Å². The van der Waals surface area contributed by atoms with Crippen molar-refractivity contribution >= 4 is 16.7 Å². The molecule has 0 saturated heterocycles. The van der Waals surface area contributed by atoms with Crippen LogP contribution in [0.5, 0.6) is 0 Å². The second-order valence-electron chi connectivity index (χ2n) is 6.98. The monoisotopic (exact) mass is 357 g/mol. The third-order valence-electron chi connectivity index (χ3n) is 5.04. The number of nitrogens with zero attached hydrogens (tertiary/aromatic N) is 1. The van der Waals surface area contributed by atoms with E-state index in [0.717, 1.165) is 35.9 Å². The van der Waals surface area contributed by atoms with E-state index in [4.69, 9.17) is 4.74 Å². The molecule has 27 heavy (non-hydrogen) atoms. The minimum atomic E-state index is 0.0182. The van der Waals surface area contributed by atoms with Crippen molar-refractivity contribution in [1.29, 1.82) is 0 Å². The van der Waals surface area contributed by atoms with E-state index in [1.165, 1.54) is 16.7 Å². The van der Waals surface area contributed by atoms with Crippen LogP contribution in [-0.2, 0) is 30.6 Å². The number of carbonyl (C=O) groups is 1. The maximum absolute atomic E-state index is 11.9. The zero-order valence-electron chi connectivity index (χ0n) is 15.6. The summed E-state index contributed by atoms with van der Waals surface area (Å²) in [6.45, 7) is 2.75. The number of rotatable bonds is 5. The normalized spacial score (nSPS) is 14.0. The average Bonchev–Trinajstić information content (AvgIpc) is 2.70. The molecule has 0 amide bonds. The molecule has 1 aromatic heterocycles. The Labute approximate surface area is 159 Å². The molecule has 0 bridgehead atoms. The van der Waals surface area contributed by atoms with Crippen molar-refractivity contribution < 1.29 is 9.53 Å². The summed E-state index contributed by atoms with van der Waals surface area (Å²) in [5.74, 6) is 0.0182. The fourth-order valence-corrected chi connectivity index (χ4v) is 3.40. The smallest absolute Gasteiger partial charge is 0.190 e. The van der Waals surface area contributed by atoms with Gasteiger partial charge in [-0.05, 0) is 48.1 Å². The van der Waals surface area contributed by atoms with Crippen LogP contribution in [0.4, 0.5) is 0 Å². The highest BCUT2D eigenvalue weighted by atomic mass is 16.5. The first kappa shape index (κ1) is 17.6. The summed E-state index contributed by atoms with van der Waals surface area (Å²) in [6, 6.07) is 17.0. The van der Waals surface area contributed by atoms with Gasteiger partial charge in [0, 0.05) is 10.9 Å². The first-order valence-corrected chi connectivity index (χ1v) is 9.49. The molecule has 0 fully saturated rings. The lowest BCUT2D eigenvalue weighted by Gasteiger charge is -2.15.